The molecule has 1 aromatic heterocycles. The zero-order chi connectivity index (χ0) is 27.9. The van der Waals surface area contributed by atoms with Crippen molar-refractivity contribution in [2.75, 3.05) is 13.2 Å². The summed E-state index contributed by atoms with van der Waals surface area (Å²) in [6.45, 7) is 3.78. The number of nitrogens with zero attached hydrogens (tertiary/aromatic N) is 2. The number of benzene rings is 2. The van der Waals surface area contributed by atoms with Gasteiger partial charge in [0, 0.05) is 23.1 Å². The van der Waals surface area contributed by atoms with Gasteiger partial charge in [0.05, 0.1) is 13.2 Å². The number of halogens is 1. The number of hydrogen-bond donors (Lipinski definition) is 3. The van der Waals surface area contributed by atoms with E-state index in [0.717, 1.165) is 23.0 Å². The van der Waals surface area contributed by atoms with Crippen molar-refractivity contribution >= 4 is 33.4 Å². The van der Waals surface area contributed by atoms with Crippen molar-refractivity contribution in [2.45, 2.75) is 39.3 Å². The van der Waals surface area contributed by atoms with Crippen LogP contribution in [0, 0.1) is 12.7 Å². The predicted octanol–water partition coefficient (Wildman–Crippen LogP) is 2.62. The summed E-state index contributed by atoms with van der Waals surface area (Å²) in [6.07, 6.45) is -0.595. The smallest absolute Gasteiger partial charge is 0.299 e. The second kappa shape index (κ2) is 12.9. The third-order valence-corrected chi connectivity index (χ3v) is 6.90. The monoisotopic (exact) mass is 564 g/mol. The highest BCUT2D eigenvalue weighted by atomic mass is 32.2. The number of nitrogens with one attached hydrogen (secondary N) is 1. The van der Waals surface area contributed by atoms with Crippen molar-refractivity contribution in [3.8, 4) is 5.75 Å². The Hall–Kier alpha value is -3.39. The molecule has 1 heterocycles. The number of nitrogens with two attached hydrogens (primary N) is 1. The minimum Gasteiger partial charge on any atom is -0.494 e. The Labute approximate surface area is 224 Å². The van der Waals surface area contributed by atoms with E-state index >= 15 is 0 Å². The number of ether oxygens (including phenoxy) is 1. The van der Waals surface area contributed by atoms with Crippen molar-refractivity contribution in [1.82, 2.24) is 14.6 Å². The van der Waals surface area contributed by atoms with Crippen molar-refractivity contribution in [1.29, 1.82) is 0 Å². The van der Waals surface area contributed by atoms with Gasteiger partial charge >= 0.3 is 0 Å². The molecule has 1 unspecified atom stereocenters. The zero-order valence-corrected chi connectivity index (χ0v) is 22.5. The number of aryl methyl sites for hydroxylation is 2. The molecule has 0 aliphatic carbocycles. The minimum atomic E-state index is -4.28. The van der Waals surface area contributed by atoms with Gasteiger partial charge in [0.1, 0.15) is 22.3 Å². The highest BCUT2D eigenvalue weighted by molar-refractivity contribution is 7.87. The topological polar surface area (TPSA) is 152 Å². The van der Waals surface area contributed by atoms with Gasteiger partial charge in [-0.25, -0.2) is 19.2 Å². The van der Waals surface area contributed by atoms with E-state index in [0.29, 0.717) is 29.3 Å². The maximum atomic E-state index is 14.7. The summed E-state index contributed by atoms with van der Waals surface area (Å²) in [7, 11) is -4.28. The molecule has 204 valence electrons. The molecule has 0 aliphatic heterocycles. The van der Waals surface area contributed by atoms with Crippen molar-refractivity contribution in [3.63, 3.8) is 0 Å². The molecule has 3 aromatic rings. The van der Waals surface area contributed by atoms with Crippen LogP contribution in [0.2, 0.25) is 0 Å². The molecule has 13 heteroatoms. The number of thiazole rings is 1. The molecule has 1 atom stereocenters. The molecule has 0 bridgehead atoms. The summed E-state index contributed by atoms with van der Waals surface area (Å²) in [4.78, 5) is 31.5. The molecule has 4 N–H and O–H groups in total. The van der Waals surface area contributed by atoms with Gasteiger partial charge in [-0.1, -0.05) is 30.3 Å². The maximum Gasteiger partial charge on any atom is 0.299 e. The fourth-order valence-electron chi connectivity index (χ4n) is 3.75. The number of amides is 2. The molecular formula is C25H29FN4O6S2. The number of aliphatic hydroxyl groups is 1. The average molecular weight is 565 g/mol. The quantitative estimate of drug-likeness (QED) is 0.306. The molecule has 10 nitrogen and oxygen atoms in total. The molecule has 38 heavy (non-hydrogen) atoms. The van der Waals surface area contributed by atoms with Crippen LogP contribution in [-0.2, 0) is 28.0 Å². The van der Waals surface area contributed by atoms with Gasteiger partial charge in [0.25, 0.3) is 22.0 Å². The van der Waals surface area contributed by atoms with Crippen LogP contribution in [0.1, 0.15) is 50.9 Å². The molecule has 0 radical (unpaired) electrons. The average Bonchev–Trinajstić information content (AvgIpc) is 3.22. The van der Waals surface area contributed by atoms with E-state index in [1.165, 1.54) is 17.0 Å². The summed E-state index contributed by atoms with van der Waals surface area (Å²) in [6, 6.07) is 13.5. The second-order valence-electron chi connectivity index (χ2n) is 8.36. The van der Waals surface area contributed by atoms with E-state index in [-0.39, 0.29) is 30.1 Å². The molecule has 0 fully saturated rings. The Morgan fingerprint density at radius 1 is 1.24 bits per heavy atom. The molecule has 0 spiro atoms. The lowest BCUT2D eigenvalue weighted by atomic mass is 10.1. The first-order chi connectivity index (χ1) is 18.0. The minimum absolute atomic E-state index is 0.0858. The van der Waals surface area contributed by atoms with Gasteiger partial charge in [0.2, 0.25) is 0 Å². The number of aromatic nitrogens is 1. The lowest BCUT2D eigenvalue weighted by Crippen LogP contribution is -2.37. The summed E-state index contributed by atoms with van der Waals surface area (Å²) in [5.74, 6) is -2.25. The van der Waals surface area contributed by atoms with Crippen molar-refractivity contribution in [3.05, 3.63) is 81.1 Å². The SMILES string of the molecule is CCOc1ccc(C(O)C(=O)N(CCCc2ccccc2)Cc2nc(C(=O)NS(N)(=O)=O)c(C)s2)c(F)c1. The lowest BCUT2D eigenvalue weighted by Gasteiger charge is -2.25. The van der Waals surface area contributed by atoms with Gasteiger partial charge in [-0.3, -0.25) is 9.59 Å². The Bertz CT molecular complexity index is 1380. The number of aliphatic hydroxyl groups excluding tert-OH is 1. The molecule has 2 aromatic carbocycles. The first-order valence-corrected chi connectivity index (χ1v) is 14.1. The van der Waals surface area contributed by atoms with E-state index in [2.05, 4.69) is 4.98 Å². The highest BCUT2D eigenvalue weighted by Gasteiger charge is 2.28. The highest BCUT2D eigenvalue weighted by Crippen LogP contribution is 2.26. The Morgan fingerprint density at radius 2 is 1.95 bits per heavy atom. The summed E-state index contributed by atoms with van der Waals surface area (Å²) < 4.78 is 44.1. The van der Waals surface area contributed by atoms with Gasteiger partial charge in [-0.2, -0.15) is 8.42 Å². The van der Waals surface area contributed by atoms with E-state index < -0.39 is 33.9 Å². The zero-order valence-electron chi connectivity index (χ0n) is 20.9. The molecule has 0 saturated heterocycles. The number of hydrogen-bond acceptors (Lipinski definition) is 8. The fourth-order valence-corrected chi connectivity index (χ4v) is 5.05. The lowest BCUT2D eigenvalue weighted by molar-refractivity contribution is -0.141. The van der Waals surface area contributed by atoms with Crippen molar-refractivity contribution < 1.29 is 32.2 Å². The van der Waals surface area contributed by atoms with E-state index in [1.54, 1.807) is 18.6 Å². The first kappa shape index (κ1) is 29.2. The normalized spacial score (nSPS) is 12.1. The molecule has 3 rings (SSSR count). The van der Waals surface area contributed by atoms with Gasteiger partial charge in [-0.05, 0) is 44.4 Å². The molecule has 2 amide bonds. The van der Waals surface area contributed by atoms with Gasteiger partial charge in [-0.15, -0.1) is 11.3 Å². The Kier molecular flexibility index (Phi) is 9.91. The number of carbonyl (C=O) groups is 2. The van der Waals surface area contributed by atoms with Crippen LogP contribution in [0.4, 0.5) is 4.39 Å². The van der Waals surface area contributed by atoms with Crippen LogP contribution in [0.3, 0.4) is 0 Å². The van der Waals surface area contributed by atoms with E-state index in [4.69, 9.17) is 9.88 Å². The van der Waals surface area contributed by atoms with Crippen LogP contribution >= 0.6 is 11.3 Å². The van der Waals surface area contributed by atoms with Crippen LogP contribution in [-0.4, -0.2) is 48.4 Å². The summed E-state index contributed by atoms with van der Waals surface area (Å²) >= 11 is 1.09. The molecule has 0 aliphatic rings. The van der Waals surface area contributed by atoms with Gasteiger partial charge in [0.15, 0.2) is 6.10 Å². The Balaban J connectivity index is 1.82. The second-order valence-corrected chi connectivity index (χ2v) is 10.9. The third kappa shape index (κ3) is 8.05. The van der Waals surface area contributed by atoms with Crippen LogP contribution in [0.5, 0.6) is 5.75 Å². The largest absolute Gasteiger partial charge is 0.494 e. The number of rotatable bonds is 12. The molecule has 0 saturated carbocycles. The standard InChI is InChI=1S/C25H29FN4O6S2/c1-3-36-18-11-12-19(20(26)14-18)23(31)25(33)30(13-7-10-17-8-5-4-6-9-17)15-21-28-22(16(2)37-21)24(32)29-38(27,34)35/h4-6,8-9,11-12,14,23,31H,3,7,10,13,15H2,1-2H3,(H,29,32)(H2,27,34,35). The van der Waals surface area contributed by atoms with E-state index in [9.17, 15) is 27.5 Å². The maximum absolute atomic E-state index is 14.7. The number of carbonyl (C=O) groups excluding carboxylic acids is 2. The van der Waals surface area contributed by atoms with E-state index in [1.807, 2.05) is 30.3 Å². The first-order valence-electron chi connectivity index (χ1n) is 11.7. The van der Waals surface area contributed by atoms with Crippen LogP contribution in [0.15, 0.2) is 48.5 Å². The third-order valence-electron chi connectivity index (χ3n) is 5.48. The van der Waals surface area contributed by atoms with Gasteiger partial charge < -0.3 is 14.7 Å². The molecular weight excluding hydrogens is 535 g/mol. The van der Waals surface area contributed by atoms with Crippen LogP contribution < -0.4 is 14.6 Å². The Morgan fingerprint density at radius 3 is 2.58 bits per heavy atom. The summed E-state index contributed by atoms with van der Waals surface area (Å²) in [5.41, 5.74) is 0.717. The van der Waals surface area contributed by atoms with Crippen molar-refractivity contribution in [2.24, 2.45) is 5.14 Å². The summed E-state index contributed by atoms with van der Waals surface area (Å²) in [5, 5.41) is 16.0. The van der Waals surface area contributed by atoms with Crippen LogP contribution in [0.25, 0.3) is 0 Å². The fraction of sp³-hybridized carbons (Fsp3) is 0.320. The predicted molar refractivity (Wildman–Crippen MR) is 140 cm³/mol.